The number of carbonyl (C=O) groups is 1. The third-order valence-electron chi connectivity index (χ3n) is 3.93. The summed E-state index contributed by atoms with van der Waals surface area (Å²) in [4.78, 5) is 13.9. The minimum absolute atomic E-state index is 0.176. The summed E-state index contributed by atoms with van der Waals surface area (Å²) in [7, 11) is 0. The van der Waals surface area contributed by atoms with Gasteiger partial charge in [0.05, 0.1) is 17.2 Å². The normalized spacial score (nSPS) is 21.8. The molecule has 2 aliphatic heterocycles. The molecule has 0 bridgehead atoms. The lowest BCUT2D eigenvalue weighted by atomic mass is 9.95. The van der Waals surface area contributed by atoms with Crippen molar-refractivity contribution < 1.29 is 18.0 Å². The summed E-state index contributed by atoms with van der Waals surface area (Å²) < 4.78 is 39.9. The van der Waals surface area contributed by atoms with E-state index in [9.17, 15) is 18.0 Å². The van der Waals surface area contributed by atoms with Gasteiger partial charge in [0.1, 0.15) is 0 Å². The zero-order chi connectivity index (χ0) is 15.2. The molecule has 2 heterocycles. The predicted octanol–water partition coefficient (Wildman–Crippen LogP) is 2.84. The average Bonchev–Trinajstić information content (AvgIpc) is 2.72. The zero-order valence-electron chi connectivity index (χ0n) is 11.5. The highest BCUT2D eigenvalue weighted by Gasteiger charge is 2.45. The second-order valence-corrected chi connectivity index (χ2v) is 5.25. The molecule has 112 valence electrons. The summed E-state index contributed by atoms with van der Waals surface area (Å²) in [5.74, 6) is -0.504. The minimum atomic E-state index is -4.53. The van der Waals surface area contributed by atoms with Crippen LogP contribution in [-0.4, -0.2) is 30.4 Å². The molecule has 1 aromatic carbocycles. The van der Waals surface area contributed by atoms with E-state index in [-0.39, 0.29) is 11.6 Å². The molecule has 2 aliphatic rings. The molecule has 1 fully saturated rings. The topological polar surface area (TPSA) is 32.3 Å². The molecular formula is C15H15F3N2O. The molecule has 0 radical (unpaired) electrons. The average molecular weight is 296 g/mol. The lowest BCUT2D eigenvalue weighted by molar-refractivity contribution is -0.137. The second-order valence-electron chi connectivity index (χ2n) is 5.25. The number of fused-ring (bicyclic) bond motifs is 3. The van der Waals surface area contributed by atoms with Crippen molar-refractivity contribution in [3.63, 3.8) is 0 Å². The van der Waals surface area contributed by atoms with Crippen molar-refractivity contribution in [2.24, 2.45) is 0 Å². The Balaban J connectivity index is 2.22. The van der Waals surface area contributed by atoms with Gasteiger partial charge in [-0.2, -0.15) is 13.2 Å². The maximum Gasteiger partial charge on any atom is 0.417 e. The number of allylic oxidation sites excluding steroid dienone is 1. The quantitative estimate of drug-likeness (QED) is 0.864. The standard InChI is InChI=1S/C15H15F3N2O/c1-2-3-9-6-10-12-8-19-4-5-20(12)14(21)13(10)11(7-9)15(16,17)18/h2-3,6-7,12,19H,4-5,8H2,1H3. The molecular weight excluding hydrogens is 281 g/mol. The molecule has 0 aromatic heterocycles. The van der Waals surface area contributed by atoms with Crippen LogP contribution >= 0.6 is 0 Å². The number of nitrogens with zero attached hydrogens (tertiary/aromatic N) is 1. The van der Waals surface area contributed by atoms with Gasteiger partial charge in [0.25, 0.3) is 5.91 Å². The molecule has 0 saturated carbocycles. The van der Waals surface area contributed by atoms with E-state index in [1.807, 2.05) is 0 Å². The van der Waals surface area contributed by atoms with Crippen molar-refractivity contribution in [3.05, 3.63) is 40.5 Å². The van der Waals surface area contributed by atoms with Gasteiger partial charge in [0.2, 0.25) is 0 Å². The summed E-state index contributed by atoms with van der Waals surface area (Å²) in [6.07, 6.45) is -1.21. The number of rotatable bonds is 1. The van der Waals surface area contributed by atoms with E-state index in [1.54, 1.807) is 25.1 Å². The highest BCUT2D eigenvalue weighted by Crippen LogP contribution is 2.42. The van der Waals surface area contributed by atoms with Gasteiger partial charge < -0.3 is 10.2 Å². The van der Waals surface area contributed by atoms with Crippen LogP contribution in [0.2, 0.25) is 0 Å². The number of hydrogen-bond acceptors (Lipinski definition) is 2. The van der Waals surface area contributed by atoms with Crippen LogP contribution in [0.4, 0.5) is 13.2 Å². The number of piperazine rings is 1. The summed E-state index contributed by atoms with van der Waals surface area (Å²) in [6.45, 7) is 3.29. The van der Waals surface area contributed by atoms with E-state index in [1.165, 1.54) is 4.90 Å². The molecule has 6 heteroatoms. The van der Waals surface area contributed by atoms with Gasteiger partial charge >= 0.3 is 6.18 Å². The van der Waals surface area contributed by atoms with Gasteiger partial charge in [-0.25, -0.2) is 0 Å². The molecule has 1 saturated heterocycles. The largest absolute Gasteiger partial charge is 0.417 e. The predicted molar refractivity (Wildman–Crippen MR) is 72.8 cm³/mol. The Kier molecular flexibility index (Phi) is 3.28. The fourth-order valence-corrected chi connectivity index (χ4v) is 3.07. The number of amides is 1. The first kappa shape index (κ1) is 14.1. The number of nitrogens with one attached hydrogen (secondary N) is 1. The van der Waals surface area contributed by atoms with E-state index in [0.717, 1.165) is 6.07 Å². The summed E-state index contributed by atoms with van der Waals surface area (Å²) in [6, 6.07) is 2.45. The van der Waals surface area contributed by atoms with Gasteiger partial charge in [0, 0.05) is 19.6 Å². The highest BCUT2D eigenvalue weighted by atomic mass is 19.4. The third kappa shape index (κ3) is 2.23. The van der Waals surface area contributed by atoms with Crippen LogP contribution in [0.1, 0.15) is 40.0 Å². The smallest absolute Gasteiger partial charge is 0.329 e. The third-order valence-corrected chi connectivity index (χ3v) is 3.93. The van der Waals surface area contributed by atoms with Gasteiger partial charge in [0.15, 0.2) is 0 Å². The van der Waals surface area contributed by atoms with Crippen LogP contribution in [0.25, 0.3) is 6.08 Å². The summed E-state index contributed by atoms with van der Waals surface area (Å²) >= 11 is 0. The molecule has 3 rings (SSSR count). The van der Waals surface area contributed by atoms with Gasteiger partial charge in [-0.15, -0.1) is 0 Å². The first-order chi connectivity index (χ1) is 9.93. The fourth-order valence-electron chi connectivity index (χ4n) is 3.07. The van der Waals surface area contributed by atoms with Crippen molar-refractivity contribution >= 4 is 12.0 Å². The maximum absolute atomic E-state index is 13.3. The monoisotopic (exact) mass is 296 g/mol. The van der Waals surface area contributed by atoms with Crippen molar-refractivity contribution in [3.8, 4) is 0 Å². The SMILES string of the molecule is CC=Cc1cc2c(c(C(F)(F)F)c1)C(=O)N1CCNCC21. The Morgan fingerprint density at radius 1 is 1.38 bits per heavy atom. The van der Waals surface area contributed by atoms with Crippen LogP contribution in [0.3, 0.4) is 0 Å². The molecule has 1 atom stereocenters. The number of carbonyl (C=O) groups excluding carboxylic acids is 1. The van der Waals surface area contributed by atoms with E-state index in [4.69, 9.17) is 0 Å². The van der Waals surface area contributed by atoms with Crippen molar-refractivity contribution in [2.75, 3.05) is 19.6 Å². The van der Waals surface area contributed by atoms with Crippen molar-refractivity contribution in [1.82, 2.24) is 10.2 Å². The Morgan fingerprint density at radius 3 is 2.81 bits per heavy atom. The fraction of sp³-hybridized carbons (Fsp3) is 0.400. The summed E-state index contributed by atoms with van der Waals surface area (Å²) in [5, 5.41) is 3.13. The number of hydrogen-bond donors (Lipinski definition) is 1. The van der Waals surface area contributed by atoms with E-state index in [0.29, 0.717) is 30.8 Å². The van der Waals surface area contributed by atoms with Crippen LogP contribution in [0, 0.1) is 0 Å². The second kappa shape index (κ2) is 4.87. The number of alkyl halides is 3. The van der Waals surface area contributed by atoms with E-state index < -0.39 is 17.6 Å². The van der Waals surface area contributed by atoms with Gasteiger partial charge in [-0.3, -0.25) is 4.79 Å². The minimum Gasteiger partial charge on any atom is -0.329 e. The Morgan fingerprint density at radius 2 is 2.14 bits per heavy atom. The van der Waals surface area contributed by atoms with Gasteiger partial charge in [-0.1, -0.05) is 12.2 Å². The molecule has 1 amide bonds. The molecule has 3 nitrogen and oxygen atoms in total. The molecule has 1 N–H and O–H groups in total. The molecule has 1 aromatic rings. The summed E-state index contributed by atoms with van der Waals surface area (Å²) in [5.41, 5.74) is -0.0455. The van der Waals surface area contributed by atoms with Crippen LogP contribution in [0.5, 0.6) is 0 Å². The lowest BCUT2D eigenvalue weighted by Gasteiger charge is -2.30. The Hall–Kier alpha value is -1.82. The zero-order valence-corrected chi connectivity index (χ0v) is 11.5. The molecule has 21 heavy (non-hydrogen) atoms. The Labute approximate surface area is 120 Å². The van der Waals surface area contributed by atoms with Crippen molar-refractivity contribution in [2.45, 2.75) is 19.1 Å². The molecule has 1 unspecified atom stereocenters. The molecule has 0 aliphatic carbocycles. The van der Waals surface area contributed by atoms with E-state index in [2.05, 4.69) is 5.32 Å². The maximum atomic E-state index is 13.3. The van der Waals surface area contributed by atoms with Crippen LogP contribution in [-0.2, 0) is 6.18 Å². The first-order valence-electron chi connectivity index (χ1n) is 6.83. The van der Waals surface area contributed by atoms with Crippen LogP contribution < -0.4 is 5.32 Å². The molecule has 0 spiro atoms. The highest BCUT2D eigenvalue weighted by molar-refractivity contribution is 6.01. The number of benzene rings is 1. The van der Waals surface area contributed by atoms with Crippen molar-refractivity contribution in [1.29, 1.82) is 0 Å². The van der Waals surface area contributed by atoms with Crippen LogP contribution in [0.15, 0.2) is 18.2 Å². The van der Waals surface area contributed by atoms with Gasteiger partial charge in [-0.05, 0) is 30.2 Å². The van der Waals surface area contributed by atoms with E-state index >= 15 is 0 Å². The lowest BCUT2D eigenvalue weighted by Crippen LogP contribution is -2.44. The number of halogens is 3. The first-order valence-corrected chi connectivity index (χ1v) is 6.83. The Bertz CT molecular complexity index is 622.